The normalized spacial score (nSPS) is 14.6. The van der Waals surface area contributed by atoms with Gasteiger partial charge in [0.05, 0.1) is 5.54 Å². The molecule has 3 N–H and O–H groups in total. The van der Waals surface area contributed by atoms with Gasteiger partial charge in [0.15, 0.2) is 11.5 Å². The van der Waals surface area contributed by atoms with Crippen LogP contribution in [0.3, 0.4) is 0 Å². The number of aromatic nitrogens is 4. The maximum absolute atomic E-state index is 13.2. The molecule has 37 heavy (non-hydrogen) atoms. The lowest BCUT2D eigenvalue weighted by Gasteiger charge is -2.31. The third kappa shape index (κ3) is 5.19. The number of aryl methyl sites for hydroxylation is 2. The van der Waals surface area contributed by atoms with Crippen LogP contribution in [-0.2, 0) is 5.54 Å². The topological polar surface area (TPSA) is 90.3 Å². The summed E-state index contributed by atoms with van der Waals surface area (Å²) >= 11 is 0. The molecule has 5 rings (SSSR count). The Morgan fingerprint density at radius 2 is 1.78 bits per heavy atom. The predicted molar refractivity (Wildman–Crippen MR) is 149 cm³/mol. The van der Waals surface area contributed by atoms with E-state index in [1.165, 1.54) is 19.3 Å². The molecule has 1 aliphatic rings. The number of hydrogen-bond acceptors (Lipinski definition) is 5. The van der Waals surface area contributed by atoms with Crippen molar-refractivity contribution in [2.24, 2.45) is 0 Å². The molecular weight excluding hydrogens is 462 g/mol. The monoisotopic (exact) mass is 499 g/mol. The van der Waals surface area contributed by atoms with Gasteiger partial charge < -0.3 is 15.5 Å². The molecule has 0 aliphatic heterocycles. The second-order valence-corrected chi connectivity index (χ2v) is 10.8. The number of hydrogen-bond donors (Lipinski definition) is 3. The molecule has 1 saturated carbocycles. The van der Waals surface area contributed by atoms with Gasteiger partial charge in [0, 0.05) is 47.5 Å². The van der Waals surface area contributed by atoms with Crippen molar-refractivity contribution in [3.63, 3.8) is 0 Å². The lowest BCUT2D eigenvalue weighted by Crippen LogP contribution is -2.38. The standard InChI is InChI=1S/C29H37N7O/c1-19-14-15-23(18-25(19)31-29(3,4)28-33-32-26-16-20(2)34-36(26)28)30-22-11-9-10-21(17-22)27(37)35(5)24-12-7-6-8-13-24/h9-11,14-18,24,30-31,34H,6-8,12-13H2,1-5H3. The van der Waals surface area contributed by atoms with Gasteiger partial charge in [-0.05, 0) is 76.4 Å². The first-order chi connectivity index (χ1) is 17.7. The molecule has 2 aromatic heterocycles. The molecule has 2 aromatic carbocycles. The molecule has 0 unspecified atom stereocenters. The minimum atomic E-state index is -0.476. The minimum Gasteiger partial charge on any atom is -0.373 e. The van der Waals surface area contributed by atoms with Crippen LogP contribution in [0.4, 0.5) is 17.1 Å². The number of nitrogens with zero attached hydrogens (tertiary/aromatic N) is 4. The zero-order chi connectivity index (χ0) is 26.2. The molecule has 1 fully saturated rings. The second kappa shape index (κ2) is 9.92. The zero-order valence-electron chi connectivity index (χ0n) is 22.4. The molecular formula is C29H37N7O. The van der Waals surface area contributed by atoms with Crippen LogP contribution >= 0.6 is 0 Å². The van der Waals surface area contributed by atoms with Gasteiger partial charge >= 0.3 is 0 Å². The number of benzene rings is 2. The summed E-state index contributed by atoms with van der Waals surface area (Å²) in [6.45, 7) is 8.28. The number of carbonyl (C=O) groups excluding carboxylic acids is 1. The van der Waals surface area contributed by atoms with E-state index in [9.17, 15) is 4.79 Å². The van der Waals surface area contributed by atoms with Crippen LogP contribution in [-0.4, -0.2) is 43.7 Å². The van der Waals surface area contributed by atoms with Crippen molar-refractivity contribution in [2.45, 2.75) is 71.4 Å². The number of carbonyl (C=O) groups is 1. The van der Waals surface area contributed by atoms with Crippen molar-refractivity contribution in [1.82, 2.24) is 24.7 Å². The Labute approximate surface area is 218 Å². The Hall–Kier alpha value is -3.81. The van der Waals surface area contributed by atoms with E-state index < -0.39 is 5.54 Å². The van der Waals surface area contributed by atoms with Crippen LogP contribution in [0.2, 0.25) is 0 Å². The van der Waals surface area contributed by atoms with Crippen LogP contribution in [0.15, 0.2) is 48.5 Å². The van der Waals surface area contributed by atoms with Crippen LogP contribution in [0.1, 0.15) is 73.4 Å². The van der Waals surface area contributed by atoms with Crippen molar-refractivity contribution in [1.29, 1.82) is 0 Å². The summed E-state index contributed by atoms with van der Waals surface area (Å²) in [7, 11) is 1.94. The highest BCUT2D eigenvalue weighted by Gasteiger charge is 2.28. The smallest absolute Gasteiger partial charge is 0.253 e. The summed E-state index contributed by atoms with van der Waals surface area (Å²) < 4.78 is 1.92. The van der Waals surface area contributed by atoms with E-state index in [2.05, 4.69) is 64.9 Å². The minimum absolute atomic E-state index is 0.0859. The van der Waals surface area contributed by atoms with E-state index in [-0.39, 0.29) is 5.91 Å². The first-order valence-electron chi connectivity index (χ1n) is 13.2. The summed E-state index contributed by atoms with van der Waals surface area (Å²) in [4.78, 5) is 15.1. The maximum atomic E-state index is 13.2. The molecule has 194 valence electrons. The van der Waals surface area contributed by atoms with Crippen LogP contribution < -0.4 is 10.6 Å². The van der Waals surface area contributed by atoms with Crippen molar-refractivity contribution >= 4 is 28.6 Å². The quantitative estimate of drug-likeness (QED) is 0.283. The number of amides is 1. The number of fused-ring (bicyclic) bond motifs is 1. The Balaban J connectivity index is 1.33. The Morgan fingerprint density at radius 1 is 1.03 bits per heavy atom. The van der Waals surface area contributed by atoms with Gasteiger partial charge in [-0.3, -0.25) is 9.89 Å². The van der Waals surface area contributed by atoms with Gasteiger partial charge in [-0.2, -0.15) is 0 Å². The highest BCUT2D eigenvalue weighted by molar-refractivity contribution is 5.95. The first kappa shape index (κ1) is 24.9. The van der Waals surface area contributed by atoms with Gasteiger partial charge in [-0.15, -0.1) is 10.2 Å². The van der Waals surface area contributed by atoms with Gasteiger partial charge in [-0.25, -0.2) is 4.52 Å². The number of nitrogens with one attached hydrogen (secondary N) is 3. The number of rotatable bonds is 7. The lowest BCUT2D eigenvalue weighted by atomic mass is 9.94. The van der Waals surface area contributed by atoms with E-state index in [1.54, 1.807) is 0 Å². The van der Waals surface area contributed by atoms with E-state index in [0.29, 0.717) is 11.6 Å². The fourth-order valence-electron chi connectivity index (χ4n) is 5.27. The van der Waals surface area contributed by atoms with E-state index in [0.717, 1.165) is 52.6 Å². The average molecular weight is 500 g/mol. The zero-order valence-corrected chi connectivity index (χ0v) is 22.4. The number of H-pyrrole nitrogens is 1. The molecule has 0 bridgehead atoms. The van der Waals surface area contributed by atoms with Crippen molar-refractivity contribution < 1.29 is 4.79 Å². The number of anilines is 3. The van der Waals surface area contributed by atoms with Crippen LogP contribution in [0.5, 0.6) is 0 Å². The molecule has 0 saturated heterocycles. The Morgan fingerprint density at radius 3 is 2.57 bits per heavy atom. The summed E-state index contributed by atoms with van der Waals surface area (Å²) in [5.41, 5.74) is 6.03. The molecule has 0 atom stereocenters. The largest absolute Gasteiger partial charge is 0.373 e. The highest BCUT2D eigenvalue weighted by Crippen LogP contribution is 2.30. The fourth-order valence-corrected chi connectivity index (χ4v) is 5.27. The molecule has 1 aliphatic carbocycles. The predicted octanol–water partition coefficient (Wildman–Crippen LogP) is 6.17. The molecule has 0 spiro atoms. The third-order valence-electron chi connectivity index (χ3n) is 7.41. The van der Waals surface area contributed by atoms with Gasteiger partial charge in [0.1, 0.15) is 0 Å². The highest BCUT2D eigenvalue weighted by atomic mass is 16.2. The van der Waals surface area contributed by atoms with Crippen molar-refractivity contribution in [3.05, 3.63) is 71.2 Å². The molecule has 4 aromatic rings. The maximum Gasteiger partial charge on any atom is 0.253 e. The SMILES string of the molecule is Cc1cc2nnc(C(C)(C)Nc3cc(Nc4cccc(C(=O)N(C)C5CCCCC5)c4)ccc3C)n2[nH]1. The Kier molecular flexibility index (Phi) is 6.67. The van der Waals surface area contributed by atoms with Gasteiger partial charge in [-0.1, -0.05) is 31.4 Å². The van der Waals surface area contributed by atoms with Gasteiger partial charge in [0.2, 0.25) is 0 Å². The molecule has 1 amide bonds. The van der Waals surface area contributed by atoms with Crippen molar-refractivity contribution in [2.75, 3.05) is 17.7 Å². The summed E-state index contributed by atoms with van der Waals surface area (Å²) in [6.07, 6.45) is 5.88. The third-order valence-corrected chi connectivity index (χ3v) is 7.41. The van der Waals surface area contributed by atoms with Gasteiger partial charge in [0.25, 0.3) is 5.91 Å². The molecule has 8 nitrogen and oxygen atoms in total. The van der Waals surface area contributed by atoms with Crippen molar-refractivity contribution in [3.8, 4) is 0 Å². The average Bonchev–Trinajstić information content (AvgIpc) is 3.45. The first-order valence-corrected chi connectivity index (χ1v) is 13.2. The van der Waals surface area contributed by atoms with E-state index >= 15 is 0 Å². The Bertz CT molecular complexity index is 1410. The van der Waals surface area contributed by atoms with E-state index in [4.69, 9.17) is 0 Å². The summed E-state index contributed by atoms with van der Waals surface area (Å²) in [5.74, 6) is 0.893. The van der Waals surface area contributed by atoms with E-state index in [1.807, 2.05) is 53.7 Å². The summed E-state index contributed by atoms with van der Waals surface area (Å²) in [6, 6.07) is 16.3. The molecule has 8 heteroatoms. The molecule has 2 heterocycles. The van der Waals surface area contributed by atoms with Crippen LogP contribution in [0.25, 0.3) is 5.65 Å². The molecule has 0 radical (unpaired) electrons. The lowest BCUT2D eigenvalue weighted by molar-refractivity contribution is 0.0696. The number of aromatic amines is 1. The second-order valence-electron chi connectivity index (χ2n) is 10.8. The summed E-state index contributed by atoms with van der Waals surface area (Å²) in [5, 5.41) is 19.2. The fraction of sp³-hybridized carbons (Fsp3) is 0.414. The van der Waals surface area contributed by atoms with Crippen LogP contribution in [0, 0.1) is 13.8 Å².